The Kier molecular flexibility index (Phi) is 7.49. The van der Waals surface area contributed by atoms with Gasteiger partial charge >= 0.3 is 0 Å². The number of H-pyrrole nitrogens is 1. The Morgan fingerprint density at radius 2 is 2.02 bits per heavy atom. The molecule has 2 aromatic carbocycles. The van der Waals surface area contributed by atoms with Crippen LogP contribution in [0.5, 0.6) is 11.5 Å². The van der Waals surface area contributed by atoms with Crippen LogP contribution in [0.15, 0.2) is 71.9 Å². The minimum atomic E-state index is -4.46. The number of hydrogen-bond acceptors (Lipinski definition) is 10. The lowest BCUT2D eigenvalue weighted by atomic mass is 10.1. The maximum Gasteiger partial charge on any atom is 0.293 e. The Morgan fingerprint density at radius 1 is 1.19 bits per heavy atom. The average Bonchev–Trinajstić information content (AvgIpc) is 3.60. The number of aromatic nitrogens is 2. The zero-order chi connectivity index (χ0) is 29.3. The molecule has 6 rings (SSSR count). The van der Waals surface area contributed by atoms with Crippen LogP contribution in [0, 0.1) is 16.0 Å². The summed E-state index contributed by atoms with van der Waals surface area (Å²) in [5.41, 5.74) is 0.438. The van der Waals surface area contributed by atoms with Crippen molar-refractivity contribution < 1.29 is 27.6 Å². The second-order valence-electron chi connectivity index (χ2n) is 10.3. The molecule has 0 unspecified atom stereocenters. The van der Waals surface area contributed by atoms with Crippen molar-refractivity contribution in [2.24, 2.45) is 5.92 Å². The molecule has 4 heterocycles. The van der Waals surface area contributed by atoms with Crippen molar-refractivity contribution >= 4 is 38.3 Å². The number of para-hydroxylation sites is 1. The molecule has 2 fully saturated rings. The predicted molar refractivity (Wildman–Crippen MR) is 153 cm³/mol. The number of amides is 1. The number of nitro benzene ring substituents is 1. The number of nitro groups is 1. The molecule has 0 aliphatic carbocycles. The fourth-order valence-electron chi connectivity index (χ4n) is 5.11. The minimum Gasteiger partial charge on any atom is -0.455 e. The van der Waals surface area contributed by atoms with Gasteiger partial charge in [-0.25, -0.2) is 18.1 Å². The first-order chi connectivity index (χ1) is 20.3. The molecular weight excluding hydrogens is 564 g/mol. The third-order valence-corrected chi connectivity index (χ3v) is 8.80. The average molecular weight is 593 g/mol. The topological polar surface area (TPSA) is 169 Å². The molecule has 0 spiro atoms. The van der Waals surface area contributed by atoms with Crippen molar-refractivity contribution in [2.45, 2.75) is 17.4 Å². The molecule has 2 aliphatic heterocycles. The van der Waals surface area contributed by atoms with Gasteiger partial charge < -0.3 is 19.8 Å². The molecule has 14 heteroatoms. The van der Waals surface area contributed by atoms with Gasteiger partial charge in [-0.2, -0.15) is 0 Å². The Hall–Kier alpha value is -4.53. The van der Waals surface area contributed by atoms with E-state index >= 15 is 0 Å². The van der Waals surface area contributed by atoms with Crippen LogP contribution in [0.1, 0.15) is 16.8 Å². The van der Waals surface area contributed by atoms with E-state index in [0.29, 0.717) is 29.9 Å². The van der Waals surface area contributed by atoms with Gasteiger partial charge in [0, 0.05) is 30.7 Å². The first-order valence-corrected chi connectivity index (χ1v) is 14.9. The van der Waals surface area contributed by atoms with E-state index in [1.165, 1.54) is 30.5 Å². The van der Waals surface area contributed by atoms with Crippen LogP contribution in [-0.4, -0.2) is 73.0 Å². The van der Waals surface area contributed by atoms with Gasteiger partial charge in [0.2, 0.25) is 0 Å². The molecule has 3 N–H and O–H groups in total. The van der Waals surface area contributed by atoms with Crippen molar-refractivity contribution in [3.05, 3.63) is 82.7 Å². The molecule has 0 radical (unpaired) electrons. The highest BCUT2D eigenvalue weighted by atomic mass is 32.2. The fraction of sp³-hybridized carbons (Fsp3) is 0.286. The second-order valence-corrected chi connectivity index (χ2v) is 12.0. The highest BCUT2D eigenvalue weighted by molar-refractivity contribution is 7.90. The van der Waals surface area contributed by atoms with Gasteiger partial charge in [-0.15, -0.1) is 0 Å². The molecule has 2 saturated heterocycles. The van der Waals surface area contributed by atoms with E-state index in [4.69, 9.17) is 9.47 Å². The normalized spacial score (nSPS) is 17.6. The Bertz CT molecular complexity index is 1750. The van der Waals surface area contributed by atoms with Gasteiger partial charge in [0.25, 0.3) is 21.6 Å². The number of likely N-dealkylation sites (tertiary alicyclic amines) is 1. The molecule has 42 heavy (non-hydrogen) atoms. The van der Waals surface area contributed by atoms with E-state index in [0.717, 1.165) is 44.2 Å². The Labute approximate surface area is 241 Å². The molecule has 2 aromatic heterocycles. The summed E-state index contributed by atoms with van der Waals surface area (Å²) < 4.78 is 39.4. The van der Waals surface area contributed by atoms with E-state index in [9.17, 15) is 23.3 Å². The summed E-state index contributed by atoms with van der Waals surface area (Å²) in [5.74, 6) is -0.182. The van der Waals surface area contributed by atoms with Gasteiger partial charge in [-0.05, 0) is 55.3 Å². The maximum atomic E-state index is 13.1. The molecule has 0 bridgehead atoms. The number of carbonyl (C=O) groups excluding carboxylic acids is 1. The molecule has 1 atom stereocenters. The number of carbonyl (C=O) groups is 1. The number of aromatic amines is 1. The van der Waals surface area contributed by atoms with Crippen LogP contribution in [0.25, 0.3) is 11.0 Å². The number of anilines is 1. The largest absolute Gasteiger partial charge is 0.455 e. The predicted octanol–water partition coefficient (Wildman–Crippen LogP) is 3.51. The van der Waals surface area contributed by atoms with Crippen molar-refractivity contribution in [3.8, 4) is 11.5 Å². The second kappa shape index (κ2) is 11.4. The summed E-state index contributed by atoms with van der Waals surface area (Å²) in [6, 6.07) is 13.7. The molecule has 4 aromatic rings. The summed E-state index contributed by atoms with van der Waals surface area (Å²) in [7, 11) is -4.46. The number of pyridine rings is 1. The summed E-state index contributed by atoms with van der Waals surface area (Å²) in [5, 5.41) is 15.8. The van der Waals surface area contributed by atoms with E-state index < -0.39 is 31.4 Å². The van der Waals surface area contributed by atoms with Crippen LogP contribution in [0.3, 0.4) is 0 Å². The highest BCUT2D eigenvalue weighted by Crippen LogP contribution is 2.30. The first-order valence-electron chi connectivity index (χ1n) is 13.4. The van der Waals surface area contributed by atoms with Crippen LogP contribution in [0.2, 0.25) is 0 Å². The monoisotopic (exact) mass is 592 g/mol. The number of nitrogens with zero attached hydrogens (tertiary/aromatic N) is 3. The van der Waals surface area contributed by atoms with E-state index in [1.807, 2.05) is 10.8 Å². The number of ether oxygens (including phenoxy) is 2. The maximum absolute atomic E-state index is 13.1. The lowest BCUT2D eigenvalue weighted by Crippen LogP contribution is -2.48. The molecule has 2 aliphatic rings. The van der Waals surface area contributed by atoms with Crippen molar-refractivity contribution in [1.29, 1.82) is 0 Å². The van der Waals surface area contributed by atoms with E-state index in [1.54, 1.807) is 24.4 Å². The summed E-state index contributed by atoms with van der Waals surface area (Å²) in [6.07, 6.45) is 4.17. The lowest BCUT2D eigenvalue weighted by Gasteiger charge is -2.34. The molecule has 218 valence electrons. The molecule has 0 saturated carbocycles. The van der Waals surface area contributed by atoms with Crippen LogP contribution >= 0.6 is 0 Å². The Balaban J connectivity index is 1.15. The highest BCUT2D eigenvalue weighted by Gasteiger charge is 2.32. The SMILES string of the molecule is O=C(NS(=O)(=O)c1ccc(NC[C@H]2CCN(C3COC3)C2)c([N+](=O)[O-])c1)c1ccccc1Oc1cnc2[nH]ccc2c1. The van der Waals surface area contributed by atoms with Gasteiger partial charge in [0.1, 0.15) is 22.8 Å². The van der Waals surface area contributed by atoms with Crippen molar-refractivity contribution in [2.75, 3.05) is 38.2 Å². The van der Waals surface area contributed by atoms with Crippen LogP contribution in [0.4, 0.5) is 11.4 Å². The minimum absolute atomic E-state index is 0.0397. The van der Waals surface area contributed by atoms with Gasteiger partial charge in [-0.3, -0.25) is 19.8 Å². The lowest BCUT2D eigenvalue weighted by molar-refractivity contribution is -0.384. The number of hydrogen-bond donors (Lipinski definition) is 3. The van der Waals surface area contributed by atoms with Gasteiger partial charge in [0.15, 0.2) is 0 Å². The smallest absolute Gasteiger partial charge is 0.293 e. The van der Waals surface area contributed by atoms with Crippen molar-refractivity contribution in [3.63, 3.8) is 0 Å². The quantitative estimate of drug-likeness (QED) is 0.183. The third-order valence-electron chi connectivity index (χ3n) is 7.47. The summed E-state index contributed by atoms with van der Waals surface area (Å²) in [6.45, 7) is 3.80. The number of benzene rings is 2. The fourth-order valence-corrected chi connectivity index (χ4v) is 6.10. The number of rotatable bonds is 10. The summed E-state index contributed by atoms with van der Waals surface area (Å²) in [4.78, 5) is 33.5. The van der Waals surface area contributed by atoms with Crippen LogP contribution in [-0.2, 0) is 14.8 Å². The van der Waals surface area contributed by atoms with Gasteiger partial charge in [-0.1, -0.05) is 12.1 Å². The molecular formula is C28H28N6O7S. The zero-order valence-electron chi connectivity index (χ0n) is 22.4. The van der Waals surface area contributed by atoms with Crippen LogP contribution < -0.4 is 14.8 Å². The van der Waals surface area contributed by atoms with E-state index in [2.05, 4.69) is 20.2 Å². The number of fused-ring (bicyclic) bond motifs is 1. The summed E-state index contributed by atoms with van der Waals surface area (Å²) >= 11 is 0. The molecule has 13 nitrogen and oxygen atoms in total. The number of sulfonamides is 1. The molecule has 1 amide bonds. The van der Waals surface area contributed by atoms with Gasteiger partial charge in [0.05, 0.1) is 40.8 Å². The third kappa shape index (κ3) is 5.77. The van der Waals surface area contributed by atoms with E-state index in [-0.39, 0.29) is 17.0 Å². The number of nitrogens with one attached hydrogen (secondary N) is 3. The van der Waals surface area contributed by atoms with Crippen molar-refractivity contribution in [1.82, 2.24) is 19.6 Å². The standard InChI is InChI=1S/C28H28N6O7S/c35-28(23-3-1-2-4-26(23)41-21-11-19-7-9-29-27(19)31-14-21)32-42(38,39)22-5-6-24(25(12-22)34(36)37)30-13-18-8-10-33(15-18)20-16-40-17-20/h1-7,9,11-12,14,18,20,30H,8,10,13,15-17H2,(H,29,31)(H,32,35)/t18-/m1/s1. The zero-order valence-corrected chi connectivity index (χ0v) is 23.2. The first kappa shape index (κ1) is 27.6. The Morgan fingerprint density at radius 3 is 2.81 bits per heavy atom.